The molecule has 0 aliphatic carbocycles. The number of hydrogen-bond donors (Lipinski definition) is 2. The van der Waals surface area contributed by atoms with Gasteiger partial charge in [0, 0.05) is 23.4 Å². The lowest BCUT2D eigenvalue weighted by Crippen LogP contribution is -2.27. The van der Waals surface area contributed by atoms with Crippen LogP contribution in [0.25, 0.3) is 0 Å². The van der Waals surface area contributed by atoms with Crippen molar-refractivity contribution in [1.82, 2.24) is 10.3 Å². The van der Waals surface area contributed by atoms with Crippen LogP contribution in [0.3, 0.4) is 0 Å². The predicted octanol–water partition coefficient (Wildman–Crippen LogP) is 4.80. The molecule has 162 valence electrons. The molecule has 0 bridgehead atoms. The molecular formula is C26H30N2O3. The first kappa shape index (κ1) is 22.3. The normalized spacial score (nSPS) is 11.3. The summed E-state index contributed by atoms with van der Waals surface area (Å²) in [5, 5.41) is 2.82. The number of carbonyl (C=O) groups is 1. The smallest absolute Gasteiger partial charge is 0.253 e. The second kappa shape index (κ2) is 9.21. The van der Waals surface area contributed by atoms with Crippen LogP contribution in [0, 0.1) is 13.8 Å². The molecule has 0 atom stereocenters. The molecular weight excluding hydrogens is 388 g/mol. The molecule has 0 spiro atoms. The second-order valence-corrected chi connectivity index (χ2v) is 8.89. The minimum atomic E-state index is -0.218. The Morgan fingerprint density at radius 3 is 2.23 bits per heavy atom. The lowest BCUT2D eigenvalue weighted by molar-refractivity contribution is 0.0950. The van der Waals surface area contributed by atoms with E-state index >= 15 is 0 Å². The standard InChI is InChI=1S/C26H30N2O3/c1-17-14-18(2)28-25(30)23(17)15-27-24(29)20-8-6-19(7-9-20)16-31-22-12-10-21(11-13-22)26(3,4)5/h6-14H,15-16H2,1-5H3,(H,27,29)(H,28,30). The average Bonchev–Trinajstić information content (AvgIpc) is 2.71. The van der Waals surface area contributed by atoms with Crippen LogP contribution in [0.2, 0.25) is 0 Å². The number of aromatic nitrogens is 1. The molecule has 0 aliphatic heterocycles. The Labute approximate surface area is 183 Å². The zero-order valence-corrected chi connectivity index (χ0v) is 18.8. The highest BCUT2D eigenvalue weighted by Gasteiger charge is 2.13. The maximum Gasteiger partial charge on any atom is 0.253 e. The Balaban J connectivity index is 1.56. The van der Waals surface area contributed by atoms with Gasteiger partial charge in [-0.15, -0.1) is 0 Å². The molecule has 1 aromatic heterocycles. The van der Waals surface area contributed by atoms with Crippen molar-refractivity contribution >= 4 is 5.91 Å². The van der Waals surface area contributed by atoms with Crippen LogP contribution in [0.15, 0.2) is 59.4 Å². The topological polar surface area (TPSA) is 71.2 Å². The van der Waals surface area contributed by atoms with Gasteiger partial charge in [0.15, 0.2) is 0 Å². The highest BCUT2D eigenvalue weighted by Crippen LogP contribution is 2.24. The van der Waals surface area contributed by atoms with E-state index in [4.69, 9.17) is 4.74 Å². The maximum atomic E-state index is 12.5. The number of rotatable bonds is 6. The van der Waals surface area contributed by atoms with Crippen LogP contribution in [0.1, 0.15) is 59.1 Å². The van der Waals surface area contributed by atoms with Crippen LogP contribution in [0.4, 0.5) is 0 Å². The summed E-state index contributed by atoms with van der Waals surface area (Å²) in [7, 11) is 0. The fourth-order valence-corrected chi connectivity index (χ4v) is 3.34. The first-order valence-electron chi connectivity index (χ1n) is 10.4. The minimum Gasteiger partial charge on any atom is -0.489 e. The number of benzene rings is 2. The van der Waals surface area contributed by atoms with Gasteiger partial charge in [-0.1, -0.05) is 45.0 Å². The number of aromatic amines is 1. The number of carbonyl (C=O) groups excluding carboxylic acids is 1. The van der Waals surface area contributed by atoms with Crippen molar-refractivity contribution in [3.63, 3.8) is 0 Å². The molecule has 3 rings (SSSR count). The largest absolute Gasteiger partial charge is 0.489 e. The van der Waals surface area contributed by atoms with Crippen molar-refractivity contribution in [2.75, 3.05) is 0 Å². The van der Waals surface area contributed by atoms with Crippen molar-refractivity contribution in [2.24, 2.45) is 0 Å². The number of nitrogens with one attached hydrogen (secondary N) is 2. The zero-order chi connectivity index (χ0) is 22.6. The molecule has 2 N–H and O–H groups in total. The number of amides is 1. The number of ether oxygens (including phenoxy) is 1. The lowest BCUT2D eigenvalue weighted by Gasteiger charge is -2.19. The fourth-order valence-electron chi connectivity index (χ4n) is 3.34. The van der Waals surface area contributed by atoms with Crippen LogP contribution >= 0.6 is 0 Å². The van der Waals surface area contributed by atoms with Gasteiger partial charge in [0.2, 0.25) is 0 Å². The molecule has 3 aromatic rings. The van der Waals surface area contributed by atoms with E-state index in [2.05, 4.69) is 43.2 Å². The Kier molecular flexibility index (Phi) is 6.64. The monoisotopic (exact) mass is 418 g/mol. The fraction of sp³-hybridized carbons (Fsp3) is 0.308. The van der Waals surface area contributed by atoms with Gasteiger partial charge in [-0.3, -0.25) is 9.59 Å². The highest BCUT2D eigenvalue weighted by atomic mass is 16.5. The Morgan fingerprint density at radius 2 is 1.65 bits per heavy atom. The van der Waals surface area contributed by atoms with Gasteiger partial charge < -0.3 is 15.0 Å². The number of pyridine rings is 1. The maximum absolute atomic E-state index is 12.5. The molecule has 5 nitrogen and oxygen atoms in total. The van der Waals surface area contributed by atoms with Crippen LogP contribution in [-0.4, -0.2) is 10.9 Å². The molecule has 0 aliphatic rings. The molecule has 1 amide bonds. The predicted molar refractivity (Wildman–Crippen MR) is 124 cm³/mol. The Bertz CT molecular complexity index is 1110. The van der Waals surface area contributed by atoms with Crippen molar-refractivity contribution in [3.8, 4) is 5.75 Å². The van der Waals surface area contributed by atoms with E-state index in [1.165, 1.54) is 5.56 Å². The molecule has 5 heteroatoms. The van der Waals surface area contributed by atoms with Crippen molar-refractivity contribution < 1.29 is 9.53 Å². The summed E-state index contributed by atoms with van der Waals surface area (Å²) in [6.07, 6.45) is 0. The summed E-state index contributed by atoms with van der Waals surface area (Å²) < 4.78 is 5.86. The molecule has 31 heavy (non-hydrogen) atoms. The third-order valence-electron chi connectivity index (χ3n) is 5.26. The molecule has 0 saturated carbocycles. The van der Waals surface area contributed by atoms with Crippen LogP contribution in [-0.2, 0) is 18.6 Å². The van der Waals surface area contributed by atoms with Crippen molar-refractivity contribution in [1.29, 1.82) is 0 Å². The minimum absolute atomic E-state index is 0.112. The molecule has 0 unspecified atom stereocenters. The summed E-state index contributed by atoms with van der Waals surface area (Å²) in [5.74, 6) is 0.595. The second-order valence-electron chi connectivity index (χ2n) is 8.89. The summed E-state index contributed by atoms with van der Waals surface area (Å²) in [6.45, 7) is 10.9. The average molecular weight is 419 g/mol. The summed E-state index contributed by atoms with van der Waals surface area (Å²) in [5.41, 5.74) is 4.97. The number of hydrogen-bond acceptors (Lipinski definition) is 3. The highest BCUT2D eigenvalue weighted by molar-refractivity contribution is 5.94. The van der Waals surface area contributed by atoms with E-state index in [0.29, 0.717) is 17.7 Å². The van der Waals surface area contributed by atoms with Crippen LogP contribution < -0.4 is 15.6 Å². The van der Waals surface area contributed by atoms with Gasteiger partial charge in [-0.05, 0) is 66.3 Å². The summed E-state index contributed by atoms with van der Waals surface area (Å²) in [6, 6.07) is 17.3. The number of aryl methyl sites for hydroxylation is 2. The van der Waals surface area contributed by atoms with E-state index in [-0.39, 0.29) is 23.4 Å². The molecule has 0 saturated heterocycles. The van der Waals surface area contributed by atoms with E-state index in [0.717, 1.165) is 22.6 Å². The van der Waals surface area contributed by atoms with E-state index in [1.807, 2.05) is 44.2 Å². The molecule has 0 radical (unpaired) electrons. The van der Waals surface area contributed by atoms with E-state index in [9.17, 15) is 9.59 Å². The van der Waals surface area contributed by atoms with E-state index in [1.54, 1.807) is 12.1 Å². The SMILES string of the molecule is Cc1cc(C)c(CNC(=O)c2ccc(COc3ccc(C(C)(C)C)cc3)cc2)c(=O)[nH]1. The van der Waals surface area contributed by atoms with E-state index < -0.39 is 0 Å². The van der Waals surface area contributed by atoms with Crippen molar-refractivity contribution in [3.05, 3.63) is 98.5 Å². The van der Waals surface area contributed by atoms with Gasteiger partial charge in [0.1, 0.15) is 12.4 Å². The third kappa shape index (κ3) is 5.85. The first-order chi connectivity index (χ1) is 14.6. The molecule has 1 heterocycles. The summed E-state index contributed by atoms with van der Waals surface area (Å²) in [4.78, 5) is 27.3. The van der Waals surface area contributed by atoms with Gasteiger partial charge in [-0.25, -0.2) is 0 Å². The van der Waals surface area contributed by atoms with Crippen molar-refractivity contribution in [2.45, 2.75) is 53.2 Å². The van der Waals surface area contributed by atoms with Gasteiger partial charge in [0.25, 0.3) is 11.5 Å². The summed E-state index contributed by atoms with van der Waals surface area (Å²) >= 11 is 0. The van der Waals surface area contributed by atoms with Gasteiger partial charge in [-0.2, -0.15) is 0 Å². The molecule has 2 aromatic carbocycles. The van der Waals surface area contributed by atoms with Gasteiger partial charge in [0.05, 0.1) is 0 Å². The Morgan fingerprint density at radius 1 is 1.00 bits per heavy atom. The first-order valence-corrected chi connectivity index (χ1v) is 10.4. The molecule has 0 fully saturated rings. The zero-order valence-electron chi connectivity index (χ0n) is 18.8. The number of H-pyrrole nitrogens is 1. The quantitative estimate of drug-likeness (QED) is 0.604. The van der Waals surface area contributed by atoms with Crippen LogP contribution in [0.5, 0.6) is 5.75 Å². The Hall–Kier alpha value is -3.34. The van der Waals surface area contributed by atoms with Gasteiger partial charge >= 0.3 is 0 Å². The lowest BCUT2D eigenvalue weighted by atomic mass is 9.87. The third-order valence-corrected chi connectivity index (χ3v) is 5.26.